The van der Waals surface area contributed by atoms with Gasteiger partial charge in [0, 0.05) is 51.5 Å². The van der Waals surface area contributed by atoms with Crippen molar-refractivity contribution in [3.05, 3.63) is 132 Å². The van der Waals surface area contributed by atoms with Gasteiger partial charge in [0.2, 0.25) is 5.69 Å². The van der Waals surface area contributed by atoms with E-state index in [9.17, 15) is 0 Å². The summed E-state index contributed by atoms with van der Waals surface area (Å²) in [4.78, 5) is 8.92. The summed E-state index contributed by atoms with van der Waals surface area (Å²) in [6.07, 6.45) is 4.97. The average Bonchev–Trinajstić information content (AvgIpc) is 3.64. The van der Waals surface area contributed by atoms with Crippen LogP contribution in [-0.2, 0) is 0 Å². The number of aromatic nitrogens is 3. The first-order valence-corrected chi connectivity index (χ1v) is 15.0. The number of ether oxygens (including phenoxy) is 1. The molecule has 0 bridgehead atoms. The monoisotopic (exact) mass is 605 g/mol. The van der Waals surface area contributed by atoms with Crippen LogP contribution < -0.4 is 9.31 Å². The molecule has 6 heteroatoms. The van der Waals surface area contributed by atoms with Crippen molar-refractivity contribution in [1.82, 2.24) is 19.1 Å². The summed E-state index contributed by atoms with van der Waals surface area (Å²) >= 11 is 0. The minimum absolute atomic E-state index is 0.184. The standard InChI is InChI=1S/C40H33N5O/c1-25-12-15-42-39(18-25)45-37-22-31(10-11-33(37)34-13-14-41-23-38(34)45)46-32-20-29(40-27(3)16-26(2)17-28(40)4)19-30(21-32)44-24-43(5)35-8-6-7-9-36(35)44/h6-23H,1-5H3/q+2/i1D3,5D3. The molecule has 8 rings (SSSR count). The Kier molecular flexibility index (Phi) is 5.05. The number of rotatable bonds is 5. The van der Waals surface area contributed by atoms with Crippen molar-refractivity contribution in [3.63, 3.8) is 0 Å². The van der Waals surface area contributed by atoms with Crippen LogP contribution in [0.1, 0.15) is 30.5 Å². The molecule has 46 heavy (non-hydrogen) atoms. The second-order valence-electron chi connectivity index (χ2n) is 11.7. The maximum absolute atomic E-state index is 8.19. The van der Waals surface area contributed by atoms with E-state index in [0.717, 1.165) is 49.6 Å². The Hall–Kier alpha value is -5.84. The lowest BCUT2D eigenvalue weighted by Crippen LogP contribution is -2.01. The number of aryl methyl sites for hydroxylation is 4. The van der Waals surface area contributed by atoms with Crippen LogP contribution in [0.3, 0.4) is 0 Å². The van der Waals surface area contributed by atoms with Crippen LogP contribution in [0.4, 0.5) is 17.1 Å². The molecular weight excluding hydrogens is 566 g/mol. The Balaban J connectivity index is 1.32. The molecule has 0 fully saturated rings. The van der Waals surface area contributed by atoms with Gasteiger partial charge in [0.25, 0.3) is 11.4 Å². The highest BCUT2D eigenvalue weighted by Gasteiger charge is 2.33. The highest BCUT2D eigenvalue weighted by atomic mass is 16.5. The summed E-state index contributed by atoms with van der Waals surface area (Å²) < 4.78 is 60.0. The zero-order chi connectivity index (χ0) is 36.5. The number of hydrogen-bond donors (Lipinski definition) is 0. The quantitative estimate of drug-likeness (QED) is 0.184. The Morgan fingerprint density at radius 3 is 2.41 bits per heavy atom. The fourth-order valence-corrected chi connectivity index (χ4v) is 6.63. The molecular formula is C40H33N5O+2. The van der Waals surface area contributed by atoms with Crippen LogP contribution in [0.15, 0.2) is 110 Å². The molecule has 0 saturated heterocycles. The summed E-state index contributed by atoms with van der Waals surface area (Å²) in [7, 11) is 0. The molecule has 4 aromatic carbocycles. The smallest absolute Gasteiger partial charge is 0.457 e. The lowest BCUT2D eigenvalue weighted by atomic mass is 9.93. The maximum Gasteiger partial charge on any atom is 0.496 e. The van der Waals surface area contributed by atoms with Gasteiger partial charge in [-0.15, -0.1) is 0 Å². The second kappa shape index (κ2) is 10.7. The first kappa shape index (κ1) is 21.8. The minimum atomic E-state index is -2.44. The fourth-order valence-electron chi connectivity index (χ4n) is 6.63. The molecule has 0 N–H and O–H groups in total. The van der Waals surface area contributed by atoms with Gasteiger partial charge in [-0.1, -0.05) is 34.4 Å². The molecule has 4 heterocycles. The van der Waals surface area contributed by atoms with Crippen molar-refractivity contribution in [3.8, 4) is 28.4 Å². The van der Waals surface area contributed by atoms with Crippen molar-refractivity contribution in [1.29, 1.82) is 0 Å². The first-order chi connectivity index (χ1) is 24.8. The van der Waals surface area contributed by atoms with Gasteiger partial charge in [0.05, 0.1) is 23.3 Å². The van der Waals surface area contributed by atoms with Crippen LogP contribution >= 0.6 is 0 Å². The van der Waals surface area contributed by atoms with Crippen LogP contribution in [0.25, 0.3) is 38.8 Å². The molecule has 0 spiro atoms. The Labute approximate surface area is 276 Å². The van der Waals surface area contributed by atoms with Crippen LogP contribution in [0.5, 0.6) is 11.5 Å². The lowest BCUT2D eigenvalue weighted by Gasteiger charge is -2.14. The number of pyridine rings is 2. The van der Waals surface area contributed by atoms with E-state index in [1.54, 1.807) is 29.1 Å². The van der Waals surface area contributed by atoms with E-state index in [4.69, 9.17) is 13.0 Å². The molecule has 222 valence electrons. The number of fused-ring (bicyclic) bond motifs is 4. The molecule has 6 nitrogen and oxygen atoms in total. The number of nitrogens with zero attached hydrogens (tertiary/aromatic N) is 5. The van der Waals surface area contributed by atoms with E-state index in [-0.39, 0.29) is 5.56 Å². The molecule has 0 atom stereocenters. The minimum Gasteiger partial charge on any atom is -0.457 e. The van der Waals surface area contributed by atoms with Gasteiger partial charge >= 0.3 is 6.01 Å². The van der Waals surface area contributed by atoms with Gasteiger partial charge in [0.15, 0.2) is 6.98 Å². The molecule has 0 amide bonds. The van der Waals surface area contributed by atoms with Gasteiger partial charge in [0.1, 0.15) is 21.4 Å². The summed E-state index contributed by atoms with van der Waals surface area (Å²) in [5.41, 5.74) is 8.94. The van der Waals surface area contributed by atoms with E-state index in [1.165, 1.54) is 16.8 Å². The summed E-state index contributed by atoms with van der Waals surface area (Å²) in [5, 5.41) is 1.86. The lowest BCUT2D eigenvalue weighted by molar-refractivity contribution is -0.394. The maximum atomic E-state index is 8.19. The molecule has 7 aromatic rings. The van der Waals surface area contributed by atoms with Crippen molar-refractivity contribution in [2.45, 2.75) is 27.6 Å². The number of benzene rings is 4. The number of hydrogen-bond acceptors (Lipinski definition) is 3. The van der Waals surface area contributed by atoms with Crippen molar-refractivity contribution < 1.29 is 17.5 Å². The Morgan fingerprint density at radius 1 is 0.761 bits per heavy atom. The largest absolute Gasteiger partial charge is 0.496 e. The van der Waals surface area contributed by atoms with Crippen LogP contribution in [0.2, 0.25) is 0 Å². The number of para-hydroxylation sites is 2. The van der Waals surface area contributed by atoms with E-state index in [1.807, 2.05) is 65.2 Å². The summed E-state index contributed by atoms with van der Waals surface area (Å²) in [5.74, 6) is 1.52. The third-order valence-corrected chi connectivity index (χ3v) is 8.43. The first-order valence-electron chi connectivity index (χ1n) is 18.0. The van der Waals surface area contributed by atoms with Crippen LogP contribution in [-0.4, -0.2) is 32.1 Å². The predicted octanol–water partition coefficient (Wildman–Crippen LogP) is 9.56. The molecule has 1 aliphatic heterocycles. The normalized spacial score (nSPS) is 14.8. The van der Waals surface area contributed by atoms with Gasteiger partial charge in [-0.2, -0.15) is 0 Å². The van der Waals surface area contributed by atoms with E-state index in [0.29, 0.717) is 34.4 Å². The zero-order valence-corrected chi connectivity index (χ0v) is 25.5. The molecule has 1 aliphatic rings. The average molecular weight is 606 g/mol. The highest BCUT2D eigenvalue weighted by Crippen LogP contribution is 2.40. The van der Waals surface area contributed by atoms with Gasteiger partial charge < -0.3 is 4.74 Å². The van der Waals surface area contributed by atoms with Crippen molar-refractivity contribution in [2.24, 2.45) is 0 Å². The summed E-state index contributed by atoms with van der Waals surface area (Å²) in [6.45, 7) is 1.50. The second-order valence-corrected chi connectivity index (χ2v) is 11.7. The Bertz CT molecular complexity index is 2640. The van der Waals surface area contributed by atoms with Crippen LogP contribution in [0, 0.1) is 27.6 Å². The van der Waals surface area contributed by atoms with Gasteiger partial charge in [-0.05, 0) is 96.4 Å². The van der Waals surface area contributed by atoms with Gasteiger partial charge in [-0.3, -0.25) is 9.55 Å². The van der Waals surface area contributed by atoms with E-state index < -0.39 is 13.8 Å². The van der Waals surface area contributed by atoms with Gasteiger partial charge in [-0.25, -0.2) is 4.98 Å². The van der Waals surface area contributed by atoms with Crippen molar-refractivity contribution in [2.75, 3.05) is 6.98 Å². The molecule has 0 radical (unpaired) electrons. The topological polar surface area (TPSA) is 46.0 Å². The third kappa shape index (κ3) is 4.59. The Morgan fingerprint density at radius 2 is 1.59 bits per heavy atom. The summed E-state index contributed by atoms with van der Waals surface area (Å²) in [6, 6.07) is 31.4. The van der Waals surface area contributed by atoms with Crippen molar-refractivity contribution >= 4 is 44.9 Å². The zero-order valence-electron chi connectivity index (χ0n) is 31.5. The fraction of sp³-hybridized carbons (Fsp3) is 0.125. The molecule has 0 unspecified atom stereocenters. The highest BCUT2D eigenvalue weighted by molar-refractivity contribution is 6.09. The third-order valence-electron chi connectivity index (χ3n) is 8.43. The molecule has 3 aromatic heterocycles. The van der Waals surface area contributed by atoms with E-state index in [2.05, 4.69) is 48.9 Å². The molecule has 0 aliphatic carbocycles. The molecule has 0 saturated carbocycles. The SMILES string of the molecule is [2H]C([2H])([2H])c1ccnc(-n2c3cnccc3c3ccc(Oc4cc(-c5c(C)cc(C)cc5C)cc([N+]5=C=[N+](C([2H])([2H])[2H])c6ccccc65)c4)cc32)c1. The predicted molar refractivity (Wildman–Crippen MR) is 186 cm³/mol. The van der Waals surface area contributed by atoms with E-state index >= 15 is 0 Å².